The fraction of sp³-hybridized carbons (Fsp3) is 0.312. The van der Waals surface area contributed by atoms with Gasteiger partial charge in [0.2, 0.25) is 0 Å². The lowest BCUT2D eigenvalue weighted by atomic mass is 10.1. The minimum atomic E-state index is 0. The Morgan fingerprint density at radius 1 is 1.10 bits per heavy atom. The number of methoxy groups -OCH3 is 1. The van der Waals surface area contributed by atoms with Crippen molar-refractivity contribution in [2.75, 3.05) is 13.7 Å². The van der Waals surface area contributed by atoms with Crippen LogP contribution in [0.4, 0.5) is 0 Å². The number of para-hydroxylation sites is 1. The van der Waals surface area contributed by atoms with Crippen molar-refractivity contribution in [1.82, 2.24) is 10.3 Å². The molecule has 1 aromatic carbocycles. The topological polar surface area (TPSA) is 43.4 Å². The van der Waals surface area contributed by atoms with Gasteiger partial charge in [-0.05, 0) is 30.7 Å². The first kappa shape index (κ1) is 17.3. The molecule has 114 valence electrons. The Bertz CT molecular complexity index is 535. The first-order chi connectivity index (χ1) is 9.85. The number of ether oxygens (including phenoxy) is 2. The summed E-state index contributed by atoms with van der Waals surface area (Å²) in [4.78, 5) is 4.01. The largest absolute Gasteiger partial charge is 0.493 e. The van der Waals surface area contributed by atoms with Gasteiger partial charge in [-0.3, -0.25) is 4.98 Å². The fourth-order valence-corrected chi connectivity index (χ4v) is 2.01. The molecule has 21 heavy (non-hydrogen) atoms. The normalized spacial score (nSPS) is 9.81. The van der Waals surface area contributed by atoms with Crippen LogP contribution >= 0.6 is 12.4 Å². The standard InChI is InChI=1S/C16H20N2O2.ClH/c1-3-20-16-14(5-4-6-15(16)19-2)12-18-11-13-7-9-17-10-8-13;/h4-10,18H,3,11-12H2,1-2H3;1H. The molecule has 0 aliphatic rings. The number of aromatic nitrogens is 1. The molecule has 0 radical (unpaired) electrons. The molecular formula is C16H21ClN2O2. The highest BCUT2D eigenvalue weighted by Gasteiger charge is 2.09. The molecule has 1 heterocycles. The molecule has 0 atom stereocenters. The Morgan fingerprint density at radius 3 is 2.52 bits per heavy atom. The van der Waals surface area contributed by atoms with E-state index in [1.165, 1.54) is 5.56 Å². The third-order valence-corrected chi connectivity index (χ3v) is 2.96. The summed E-state index contributed by atoms with van der Waals surface area (Å²) in [6, 6.07) is 9.94. The van der Waals surface area contributed by atoms with Crippen LogP contribution in [-0.2, 0) is 13.1 Å². The van der Waals surface area contributed by atoms with Gasteiger partial charge in [0.1, 0.15) is 0 Å². The molecule has 0 aliphatic carbocycles. The number of benzene rings is 1. The second-order valence-electron chi connectivity index (χ2n) is 4.34. The number of rotatable bonds is 7. The molecule has 4 nitrogen and oxygen atoms in total. The molecule has 0 fully saturated rings. The van der Waals surface area contributed by atoms with Gasteiger partial charge in [-0.2, -0.15) is 0 Å². The van der Waals surface area contributed by atoms with Gasteiger partial charge < -0.3 is 14.8 Å². The summed E-state index contributed by atoms with van der Waals surface area (Å²) in [5.74, 6) is 1.59. The van der Waals surface area contributed by atoms with Gasteiger partial charge in [-0.15, -0.1) is 12.4 Å². The summed E-state index contributed by atoms with van der Waals surface area (Å²) in [5.41, 5.74) is 2.31. The van der Waals surface area contributed by atoms with Crippen LogP contribution in [0.3, 0.4) is 0 Å². The molecule has 0 unspecified atom stereocenters. The van der Waals surface area contributed by atoms with Crippen LogP contribution in [0.2, 0.25) is 0 Å². The molecule has 0 amide bonds. The lowest BCUT2D eigenvalue weighted by Gasteiger charge is -2.14. The predicted octanol–water partition coefficient (Wildman–Crippen LogP) is 3.20. The molecule has 1 N–H and O–H groups in total. The highest BCUT2D eigenvalue weighted by molar-refractivity contribution is 5.85. The zero-order chi connectivity index (χ0) is 14.2. The van der Waals surface area contributed by atoms with Gasteiger partial charge >= 0.3 is 0 Å². The van der Waals surface area contributed by atoms with Crippen molar-refractivity contribution in [3.05, 3.63) is 53.9 Å². The van der Waals surface area contributed by atoms with Crippen LogP contribution in [0.1, 0.15) is 18.1 Å². The number of halogens is 1. The second-order valence-corrected chi connectivity index (χ2v) is 4.34. The monoisotopic (exact) mass is 308 g/mol. The number of nitrogens with one attached hydrogen (secondary N) is 1. The van der Waals surface area contributed by atoms with E-state index >= 15 is 0 Å². The Kier molecular flexibility index (Phi) is 7.58. The van der Waals surface area contributed by atoms with Crippen molar-refractivity contribution >= 4 is 12.4 Å². The lowest BCUT2D eigenvalue weighted by Crippen LogP contribution is -2.14. The number of nitrogens with zero attached hydrogens (tertiary/aromatic N) is 1. The summed E-state index contributed by atoms with van der Waals surface area (Å²) in [6.07, 6.45) is 3.60. The molecule has 0 spiro atoms. The van der Waals surface area contributed by atoms with E-state index in [1.807, 2.05) is 37.3 Å². The molecule has 0 saturated carbocycles. The number of hydrogen-bond donors (Lipinski definition) is 1. The van der Waals surface area contributed by atoms with E-state index < -0.39 is 0 Å². The molecule has 5 heteroatoms. The minimum Gasteiger partial charge on any atom is -0.493 e. The SMILES string of the molecule is CCOc1c(CNCc2ccncc2)cccc1OC.Cl. The van der Waals surface area contributed by atoms with Crippen LogP contribution in [-0.4, -0.2) is 18.7 Å². The first-order valence-electron chi connectivity index (χ1n) is 6.73. The Balaban J connectivity index is 0.00000220. The first-order valence-corrected chi connectivity index (χ1v) is 6.73. The molecule has 2 rings (SSSR count). The van der Waals surface area contributed by atoms with Crippen LogP contribution in [0.5, 0.6) is 11.5 Å². The van der Waals surface area contributed by atoms with E-state index in [-0.39, 0.29) is 12.4 Å². The van der Waals surface area contributed by atoms with Gasteiger partial charge in [0, 0.05) is 31.0 Å². The Labute approximate surface area is 131 Å². The van der Waals surface area contributed by atoms with Crippen molar-refractivity contribution in [2.45, 2.75) is 20.0 Å². The van der Waals surface area contributed by atoms with Gasteiger partial charge in [-0.25, -0.2) is 0 Å². The van der Waals surface area contributed by atoms with Crippen LogP contribution in [0.15, 0.2) is 42.7 Å². The van der Waals surface area contributed by atoms with Crippen LogP contribution in [0.25, 0.3) is 0 Å². The smallest absolute Gasteiger partial charge is 0.165 e. The van der Waals surface area contributed by atoms with Crippen molar-refractivity contribution in [3.63, 3.8) is 0 Å². The van der Waals surface area contributed by atoms with E-state index in [2.05, 4.69) is 10.3 Å². The maximum Gasteiger partial charge on any atom is 0.165 e. The molecule has 0 aliphatic heterocycles. The van der Waals surface area contributed by atoms with E-state index in [0.29, 0.717) is 6.61 Å². The molecular weight excluding hydrogens is 288 g/mol. The average Bonchev–Trinajstić information content (AvgIpc) is 2.50. The van der Waals surface area contributed by atoms with Gasteiger partial charge in [-0.1, -0.05) is 12.1 Å². The predicted molar refractivity (Wildman–Crippen MR) is 86.2 cm³/mol. The average molecular weight is 309 g/mol. The summed E-state index contributed by atoms with van der Waals surface area (Å²) >= 11 is 0. The number of pyridine rings is 1. The van der Waals surface area contributed by atoms with E-state index in [1.54, 1.807) is 19.5 Å². The van der Waals surface area contributed by atoms with Gasteiger partial charge in [0.25, 0.3) is 0 Å². The third-order valence-electron chi connectivity index (χ3n) is 2.96. The highest BCUT2D eigenvalue weighted by Crippen LogP contribution is 2.30. The van der Waals surface area contributed by atoms with Crippen molar-refractivity contribution < 1.29 is 9.47 Å². The van der Waals surface area contributed by atoms with Crippen LogP contribution in [0, 0.1) is 0 Å². The summed E-state index contributed by atoms with van der Waals surface area (Å²) in [6.45, 7) is 4.12. The van der Waals surface area contributed by atoms with Crippen molar-refractivity contribution in [2.24, 2.45) is 0 Å². The van der Waals surface area contributed by atoms with Crippen molar-refractivity contribution in [3.8, 4) is 11.5 Å². The molecule has 0 saturated heterocycles. The van der Waals surface area contributed by atoms with E-state index in [9.17, 15) is 0 Å². The van der Waals surface area contributed by atoms with Gasteiger partial charge in [0.05, 0.1) is 13.7 Å². The molecule has 1 aromatic heterocycles. The summed E-state index contributed by atoms with van der Waals surface area (Å²) in [7, 11) is 1.66. The lowest BCUT2D eigenvalue weighted by molar-refractivity contribution is 0.306. The zero-order valence-corrected chi connectivity index (χ0v) is 13.2. The minimum absolute atomic E-state index is 0. The Morgan fingerprint density at radius 2 is 1.86 bits per heavy atom. The number of hydrogen-bond acceptors (Lipinski definition) is 4. The van der Waals surface area contributed by atoms with Gasteiger partial charge in [0.15, 0.2) is 11.5 Å². The zero-order valence-electron chi connectivity index (χ0n) is 12.3. The maximum atomic E-state index is 5.69. The quantitative estimate of drug-likeness (QED) is 0.853. The van der Waals surface area contributed by atoms with E-state index in [0.717, 1.165) is 30.2 Å². The maximum absolute atomic E-state index is 5.69. The second kappa shape index (κ2) is 9.21. The molecule has 0 bridgehead atoms. The fourth-order valence-electron chi connectivity index (χ4n) is 2.01. The molecule has 2 aromatic rings. The highest BCUT2D eigenvalue weighted by atomic mass is 35.5. The summed E-state index contributed by atoms with van der Waals surface area (Å²) in [5, 5.41) is 3.40. The summed E-state index contributed by atoms with van der Waals surface area (Å²) < 4.78 is 11.0. The third kappa shape index (κ3) is 4.92. The van der Waals surface area contributed by atoms with Crippen molar-refractivity contribution in [1.29, 1.82) is 0 Å². The van der Waals surface area contributed by atoms with E-state index in [4.69, 9.17) is 9.47 Å². The van der Waals surface area contributed by atoms with Crippen LogP contribution < -0.4 is 14.8 Å². The Hall–Kier alpha value is -1.78.